The Morgan fingerprint density at radius 2 is 2.00 bits per heavy atom. The van der Waals surface area contributed by atoms with Gasteiger partial charge in [0.1, 0.15) is 11.6 Å². The van der Waals surface area contributed by atoms with E-state index >= 15 is 0 Å². The maximum atomic E-state index is 13.6. The molecule has 3 heteroatoms. The Kier molecular flexibility index (Phi) is 3.06. The van der Waals surface area contributed by atoms with Gasteiger partial charge in [-0.25, -0.2) is 8.78 Å². The molecule has 0 aliphatic heterocycles. The van der Waals surface area contributed by atoms with Crippen molar-refractivity contribution in [2.24, 2.45) is 5.73 Å². The summed E-state index contributed by atoms with van der Waals surface area (Å²) in [5, 5.41) is 0. The first-order valence-corrected chi connectivity index (χ1v) is 5.49. The molecule has 1 aliphatic carbocycles. The minimum atomic E-state index is -0.552. The Labute approximate surface area is 94.0 Å². The maximum absolute atomic E-state index is 13.6. The molecule has 2 N–H and O–H groups in total. The Morgan fingerprint density at radius 3 is 2.62 bits per heavy atom. The molecule has 0 aromatic heterocycles. The fourth-order valence-corrected chi connectivity index (χ4v) is 2.10. The van der Waals surface area contributed by atoms with E-state index in [-0.39, 0.29) is 0 Å². The summed E-state index contributed by atoms with van der Waals surface area (Å²) in [6.45, 7) is 1.62. The van der Waals surface area contributed by atoms with Crippen molar-refractivity contribution < 1.29 is 8.78 Å². The number of benzene rings is 1. The molecule has 2 rings (SSSR count). The molecule has 0 spiro atoms. The molecule has 1 unspecified atom stereocenters. The maximum Gasteiger partial charge on any atom is 0.131 e. The van der Waals surface area contributed by atoms with Gasteiger partial charge in [0.2, 0.25) is 0 Å². The van der Waals surface area contributed by atoms with E-state index in [1.165, 1.54) is 6.07 Å². The lowest BCUT2D eigenvalue weighted by molar-refractivity contribution is 0.558. The Balaban J connectivity index is 2.36. The van der Waals surface area contributed by atoms with Gasteiger partial charge in [-0.2, -0.15) is 0 Å². The highest BCUT2D eigenvalue weighted by Gasteiger charge is 2.19. The molecule has 1 atom stereocenters. The van der Waals surface area contributed by atoms with Crippen LogP contribution >= 0.6 is 0 Å². The third kappa shape index (κ3) is 2.00. The second kappa shape index (κ2) is 4.34. The standard InChI is InChI=1S/C13H15F2N/c1-8-6-10(12(15)7-11(8)14)13(16)9-4-2-3-5-9/h4,6-7,13H,2-3,5,16H2,1H3. The van der Waals surface area contributed by atoms with Crippen LogP contribution in [-0.4, -0.2) is 0 Å². The highest BCUT2D eigenvalue weighted by Crippen LogP contribution is 2.30. The Bertz CT molecular complexity index is 438. The zero-order valence-electron chi connectivity index (χ0n) is 9.26. The Morgan fingerprint density at radius 1 is 1.25 bits per heavy atom. The zero-order valence-corrected chi connectivity index (χ0v) is 9.26. The first-order valence-electron chi connectivity index (χ1n) is 5.49. The summed E-state index contributed by atoms with van der Waals surface area (Å²) in [5.41, 5.74) is 7.88. The molecule has 1 aliphatic rings. The summed E-state index contributed by atoms with van der Waals surface area (Å²) < 4.78 is 26.7. The van der Waals surface area contributed by atoms with Crippen molar-refractivity contribution in [2.45, 2.75) is 32.2 Å². The van der Waals surface area contributed by atoms with Crippen molar-refractivity contribution in [2.75, 3.05) is 0 Å². The highest BCUT2D eigenvalue weighted by atomic mass is 19.1. The van der Waals surface area contributed by atoms with Crippen LogP contribution in [0.3, 0.4) is 0 Å². The van der Waals surface area contributed by atoms with Crippen molar-refractivity contribution in [3.05, 3.63) is 46.5 Å². The smallest absolute Gasteiger partial charge is 0.131 e. The third-order valence-corrected chi connectivity index (χ3v) is 3.09. The number of aryl methyl sites for hydroxylation is 1. The summed E-state index contributed by atoms with van der Waals surface area (Å²) in [5.74, 6) is -1.07. The van der Waals surface area contributed by atoms with Gasteiger partial charge in [-0.15, -0.1) is 0 Å². The molecular weight excluding hydrogens is 208 g/mol. The first kappa shape index (κ1) is 11.3. The quantitative estimate of drug-likeness (QED) is 0.764. The van der Waals surface area contributed by atoms with Crippen LogP contribution < -0.4 is 5.73 Å². The molecular formula is C13H15F2N. The van der Waals surface area contributed by atoms with E-state index in [0.29, 0.717) is 11.1 Å². The molecule has 0 bridgehead atoms. The van der Waals surface area contributed by atoms with Gasteiger partial charge in [-0.3, -0.25) is 0 Å². The topological polar surface area (TPSA) is 26.0 Å². The molecule has 0 heterocycles. The molecule has 0 fully saturated rings. The predicted molar refractivity (Wildman–Crippen MR) is 60.0 cm³/mol. The van der Waals surface area contributed by atoms with Crippen LogP contribution in [0.2, 0.25) is 0 Å². The molecule has 0 radical (unpaired) electrons. The van der Waals surface area contributed by atoms with E-state index < -0.39 is 17.7 Å². The average molecular weight is 223 g/mol. The molecule has 16 heavy (non-hydrogen) atoms. The summed E-state index contributed by atoms with van der Waals surface area (Å²) in [6.07, 6.45) is 5.05. The molecule has 86 valence electrons. The number of allylic oxidation sites excluding steroid dienone is 1. The molecule has 0 saturated carbocycles. The van der Waals surface area contributed by atoms with Crippen molar-refractivity contribution >= 4 is 0 Å². The van der Waals surface area contributed by atoms with Crippen LogP contribution in [0.1, 0.15) is 36.4 Å². The van der Waals surface area contributed by atoms with E-state index in [9.17, 15) is 8.78 Å². The van der Waals surface area contributed by atoms with Gasteiger partial charge >= 0.3 is 0 Å². The zero-order chi connectivity index (χ0) is 11.7. The van der Waals surface area contributed by atoms with Gasteiger partial charge in [-0.05, 0) is 37.8 Å². The predicted octanol–water partition coefficient (Wildman–Crippen LogP) is 3.38. The monoisotopic (exact) mass is 223 g/mol. The van der Waals surface area contributed by atoms with E-state index in [4.69, 9.17) is 5.73 Å². The minimum Gasteiger partial charge on any atom is -0.320 e. The van der Waals surface area contributed by atoms with Gasteiger partial charge in [-0.1, -0.05) is 11.6 Å². The van der Waals surface area contributed by atoms with Gasteiger partial charge < -0.3 is 5.73 Å². The van der Waals surface area contributed by atoms with E-state index in [2.05, 4.69) is 6.08 Å². The molecule has 1 nitrogen and oxygen atoms in total. The lowest BCUT2D eigenvalue weighted by Crippen LogP contribution is -2.14. The molecule has 0 amide bonds. The SMILES string of the molecule is Cc1cc(C(N)C2=CCCC2)c(F)cc1F. The van der Waals surface area contributed by atoms with Gasteiger partial charge in [0.05, 0.1) is 6.04 Å². The minimum absolute atomic E-state index is 0.395. The lowest BCUT2D eigenvalue weighted by atomic mass is 9.97. The lowest BCUT2D eigenvalue weighted by Gasteiger charge is -2.15. The van der Waals surface area contributed by atoms with E-state index in [0.717, 1.165) is 30.9 Å². The molecule has 0 saturated heterocycles. The van der Waals surface area contributed by atoms with Crippen LogP contribution in [0.5, 0.6) is 0 Å². The summed E-state index contributed by atoms with van der Waals surface area (Å²) in [4.78, 5) is 0. The van der Waals surface area contributed by atoms with Crippen molar-refractivity contribution in [3.63, 3.8) is 0 Å². The van der Waals surface area contributed by atoms with Gasteiger partial charge in [0.15, 0.2) is 0 Å². The fourth-order valence-electron chi connectivity index (χ4n) is 2.10. The number of rotatable bonds is 2. The summed E-state index contributed by atoms with van der Waals surface area (Å²) >= 11 is 0. The van der Waals surface area contributed by atoms with Crippen molar-refractivity contribution in [1.29, 1.82) is 0 Å². The van der Waals surface area contributed by atoms with Crippen LogP contribution in [0.25, 0.3) is 0 Å². The first-order chi connectivity index (χ1) is 7.59. The fraction of sp³-hybridized carbons (Fsp3) is 0.385. The largest absolute Gasteiger partial charge is 0.320 e. The van der Waals surface area contributed by atoms with Crippen LogP contribution in [0, 0.1) is 18.6 Å². The summed E-state index contributed by atoms with van der Waals surface area (Å²) in [7, 11) is 0. The van der Waals surface area contributed by atoms with Crippen LogP contribution in [-0.2, 0) is 0 Å². The average Bonchev–Trinajstić information content (AvgIpc) is 2.75. The second-order valence-electron chi connectivity index (χ2n) is 4.27. The van der Waals surface area contributed by atoms with Gasteiger partial charge in [0.25, 0.3) is 0 Å². The molecule has 1 aromatic rings. The van der Waals surface area contributed by atoms with Crippen molar-refractivity contribution in [1.82, 2.24) is 0 Å². The van der Waals surface area contributed by atoms with Gasteiger partial charge in [0, 0.05) is 11.6 Å². The normalized spacial score (nSPS) is 17.4. The second-order valence-corrected chi connectivity index (χ2v) is 4.27. The Hall–Kier alpha value is -1.22. The number of hydrogen-bond donors (Lipinski definition) is 1. The van der Waals surface area contributed by atoms with Crippen LogP contribution in [0.4, 0.5) is 8.78 Å². The number of nitrogens with two attached hydrogens (primary N) is 1. The van der Waals surface area contributed by atoms with E-state index in [1.54, 1.807) is 6.92 Å². The highest BCUT2D eigenvalue weighted by molar-refractivity contribution is 5.34. The number of hydrogen-bond acceptors (Lipinski definition) is 1. The van der Waals surface area contributed by atoms with Crippen molar-refractivity contribution in [3.8, 4) is 0 Å². The van der Waals surface area contributed by atoms with E-state index in [1.807, 2.05) is 0 Å². The molecule has 1 aromatic carbocycles. The number of halogens is 2. The van der Waals surface area contributed by atoms with Crippen LogP contribution in [0.15, 0.2) is 23.8 Å². The third-order valence-electron chi connectivity index (χ3n) is 3.09. The summed E-state index contributed by atoms with van der Waals surface area (Å²) in [6, 6.07) is 2.00.